The fourth-order valence-electron chi connectivity index (χ4n) is 3.39. The molecule has 3 heterocycles. The Labute approximate surface area is 187 Å². The van der Waals surface area contributed by atoms with Gasteiger partial charge >= 0.3 is 5.69 Å². The number of thiazole rings is 1. The summed E-state index contributed by atoms with van der Waals surface area (Å²) < 4.78 is 1.60. The number of hydrogen-bond acceptors (Lipinski definition) is 7. The first-order chi connectivity index (χ1) is 15.3. The van der Waals surface area contributed by atoms with Crippen LogP contribution in [0.1, 0.15) is 33.0 Å². The van der Waals surface area contributed by atoms with Crippen LogP contribution < -0.4 is 5.32 Å². The quantitative estimate of drug-likeness (QED) is 0.342. The van der Waals surface area contributed by atoms with Gasteiger partial charge in [0.15, 0.2) is 5.13 Å². The van der Waals surface area contributed by atoms with E-state index in [2.05, 4.69) is 20.4 Å². The normalized spacial score (nSPS) is 10.8. The number of amides is 1. The van der Waals surface area contributed by atoms with Gasteiger partial charge in [0, 0.05) is 11.8 Å². The number of hydrogen-bond donors (Lipinski definition) is 1. The Morgan fingerprint density at radius 3 is 2.50 bits per heavy atom. The number of aryl methyl sites for hydroxylation is 2. The molecule has 1 aromatic carbocycles. The Balaban J connectivity index is 1.46. The van der Waals surface area contributed by atoms with Crippen molar-refractivity contribution in [2.45, 2.75) is 27.3 Å². The van der Waals surface area contributed by atoms with Gasteiger partial charge in [-0.15, -0.1) is 0 Å². The van der Waals surface area contributed by atoms with E-state index in [0.717, 1.165) is 21.8 Å². The third kappa shape index (κ3) is 4.26. The van der Waals surface area contributed by atoms with Crippen molar-refractivity contribution < 1.29 is 9.72 Å². The molecule has 32 heavy (non-hydrogen) atoms. The highest BCUT2D eigenvalue weighted by molar-refractivity contribution is 7.19. The number of carbonyl (C=O) groups is 1. The molecule has 0 fully saturated rings. The van der Waals surface area contributed by atoms with E-state index in [4.69, 9.17) is 0 Å². The number of nitrogens with zero attached hydrogens (tertiary/aromatic N) is 5. The molecule has 162 valence electrons. The topological polar surface area (TPSA) is 116 Å². The molecule has 0 atom stereocenters. The van der Waals surface area contributed by atoms with Crippen molar-refractivity contribution in [2.24, 2.45) is 0 Å². The van der Waals surface area contributed by atoms with Crippen molar-refractivity contribution in [3.05, 3.63) is 87.0 Å². The SMILES string of the molecule is Cc1nc(NC(=O)c2ccc(Cn3nc(C)c([N+](=O)[O-])c3C)cc2)sc1-c1ccccn1. The molecule has 0 saturated carbocycles. The standard InChI is InChI=1S/C22H20N6O3S/c1-13-19(28(30)31)15(3)27(26-13)12-16-7-9-17(10-8-16)21(29)25-22-24-14(2)20(32-22)18-6-4-5-11-23-18/h4-11H,12H2,1-3H3,(H,24,25,29). The minimum absolute atomic E-state index is 0.0322. The summed E-state index contributed by atoms with van der Waals surface area (Å²) in [5, 5.41) is 18.8. The van der Waals surface area contributed by atoms with Gasteiger partial charge in [-0.2, -0.15) is 5.10 Å². The van der Waals surface area contributed by atoms with Gasteiger partial charge in [-0.3, -0.25) is 29.9 Å². The van der Waals surface area contributed by atoms with E-state index < -0.39 is 4.92 Å². The Kier molecular flexibility index (Phi) is 5.78. The summed E-state index contributed by atoms with van der Waals surface area (Å²) in [6.45, 7) is 5.56. The fourth-order valence-corrected chi connectivity index (χ4v) is 4.33. The van der Waals surface area contributed by atoms with E-state index in [1.54, 1.807) is 36.9 Å². The van der Waals surface area contributed by atoms with Gasteiger partial charge in [0.25, 0.3) is 5.91 Å². The highest BCUT2D eigenvalue weighted by Gasteiger charge is 2.21. The van der Waals surface area contributed by atoms with Crippen LogP contribution in [0.2, 0.25) is 0 Å². The molecule has 0 radical (unpaired) electrons. The Morgan fingerprint density at radius 2 is 1.88 bits per heavy atom. The molecule has 1 N–H and O–H groups in total. The highest BCUT2D eigenvalue weighted by atomic mass is 32.1. The van der Waals surface area contributed by atoms with Crippen LogP contribution >= 0.6 is 11.3 Å². The zero-order valence-corrected chi connectivity index (χ0v) is 18.5. The third-order valence-electron chi connectivity index (χ3n) is 4.99. The van der Waals surface area contributed by atoms with Crippen molar-refractivity contribution in [3.63, 3.8) is 0 Å². The van der Waals surface area contributed by atoms with E-state index >= 15 is 0 Å². The van der Waals surface area contributed by atoms with Crippen molar-refractivity contribution >= 4 is 28.1 Å². The van der Waals surface area contributed by atoms with Crippen LogP contribution in [0.5, 0.6) is 0 Å². The van der Waals surface area contributed by atoms with Crippen LogP contribution in [0.3, 0.4) is 0 Å². The first kappa shape index (κ1) is 21.3. The summed E-state index contributed by atoms with van der Waals surface area (Å²) in [5.41, 5.74) is 3.90. The first-order valence-corrected chi connectivity index (χ1v) is 10.6. The summed E-state index contributed by atoms with van der Waals surface area (Å²) in [6, 6.07) is 12.7. The zero-order chi connectivity index (χ0) is 22.8. The lowest BCUT2D eigenvalue weighted by Gasteiger charge is -2.06. The van der Waals surface area contributed by atoms with E-state index in [0.29, 0.717) is 28.6 Å². The number of nitrogens with one attached hydrogen (secondary N) is 1. The van der Waals surface area contributed by atoms with Gasteiger partial charge in [-0.25, -0.2) is 4.98 Å². The predicted octanol–water partition coefficient (Wildman–Crippen LogP) is 4.54. The van der Waals surface area contributed by atoms with Gasteiger partial charge in [-0.05, 0) is 50.6 Å². The highest BCUT2D eigenvalue weighted by Crippen LogP contribution is 2.31. The molecular formula is C22H20N6O3S. The molecule has 4 rings (SSSR count). The van der Waals surface area contributed by atoms with Crippen LogP contribution in [0.25, 0.3) is 10.6 Å². The van der Waals surface area contributed by atoms with E-state index in [-0.39, 0.29) is 11.6 Å². The van der Waals surface area contributed by atoms with Gasteiger partial charge in [0.2, 0.25) is 0 Å². The van der Waals surface area contributed by atoms with Crippen molar-refractivity contribution in [2.75, 3.05) is 5.32 Å². The number of rotatable bonds is 6. The largest absolute Gasteiger partial charge is 0.312 e. The number of pyridine rings is 1. The van der Waals surface area contributed by atoms with Crippen molar-refractivity contribution in [1.29, 1.82) is 0 Å². The summed E-state index contributed by atoms with van der Waals surface area (Å²) in [6.07, 6.45) is 1.72. The van der Waals surface area contributed by atoms with Crippen molar-refractivity contribution in [3.8, 4) is 10.6 Å². The summed E-state index contributed by atoms with van der Waals surface area (Å²) in [5.74, 6) is -0.264. The van der Waals surface area contributed by atoms with Gasteiger partial charge in [-0.1, -0.05) is 29.5 Å². The molecule has 0 bridgehead atoms. The van der Waals surface area contributed by atoms with Gasteiger partial charge in [0.1, 0.15) is 11.4 Å². The minimum Gasteiger partial charge on any atom is -0.298 e. The second-order valence-electron chi connectivity index (χ2n) is 7.23. The Morgan fingerprint density at radius 1 is 1.12 bits per heavy atom. The van der Waals surface area contributed by atoms with Crippen LogP contribution in [-0.4, -0.2) is 30.6 Å². The number of aromatic nitrogens is 4. The van der Waals surface area contributed by atoms with Crippen LogP contribution in [0.4, 0.5) is 10.8 Å². The summed E-state index contributed by atoms with van der Waals surface area (Å²) >= 11 is 1.38. The van der Waals surface area contributed by atoms with Crippen molar-refractivity contribution in [1.82, 2.24) is 19.7 Å². The van der Waals surface area contributed by atoms with Crippen LogP contribution in [0, 0.1) is 30.9 Å². The van der Waals surface area contributed by atoms with Crippen LogP contribution in [-0.2, 0) is 6.54 Å². The number of anilines is 1. The molecule has 0 aliphatic heterocycles. The van der Waals surface area contributed by atoms with Crippen LogP contribution in [0.15, 0.2) is 48.7 Å². The molecule has 0 saturated heterocycles. The lowest BCUT2D eigenvalue weighted by Crippen LogP contribution is -2.12. The Hall–Kier alpha value is -3.92. The molecule has 1 amide bonds. The smallest absolute Gasteiger partial charge is 0.298 e. The lowest BCUT2D eigenvalue weighted by atomic mass is 10.1. The predicted molar refractivity (Wildman–Crippen MR) is 122 cm³/mol. The molecule has 0 spiro atoms. The lowest BCUT2D eigenvalue weighted by molar-refractivity contribution is -0.386. The molecular weight excluding hydrogens is 428 g/mol. The minimum atomic E-state index is -0.415. The van der Waals surface area contributed by atoms with E-state index in [1.165, 1.54) is 11.3 Å². The van der Waals surface area contributed by atoms with Gasteiger partial charge in [0.05, 0.1) is 27.7 Å². The molecule has 0 unspecified atom stereocenters. The van der Waals surface area contributed by atoms with Gasteiger partial charge < -0.3 is 0 Å². The number of carbonyl (C=O) groups excluding carboxylic acids is 1. The summed E-state index contributed by atoms with van der Waals surface area (Å²) in [7, 11) is 0. The van der Waals surface area contributed by atoms with E-state index in [1.807, 2.05) is 37.3 Å². The first-order valence-electron chi connectivity index (χ1n) is 9.81. The second kappa shape index (κ2) is 8.67. The maximum atomic E-state index is 12.7. The monoisotopic (exact) mass is 448 g/mol. The number of nitro groups is 1. The average molecular weight is 449 g/mol. The third-order valence-corrected chi connectivity index (χ3v) is 6.08. The molecule has 0 aliphatic carbocycles. The Bertz CT molecular complexity index is 1300. The maximum Gasteiger partial charge on any atom is 0.312 e. The summed E-state index contributed by atoms with van der Waals surface area (Å²) in [4.78, 5) is 33.1. The molecule has 0 aliphatic rings. The molecule has 4 aromatic rings. The second-order valence-corrected chi connectivity index (χ2v) is 8.23. The average Bonchev–Trinajstić information content (AvgIpc) is 3.27. The fraction of sp³-hybridized carbons (Fsp3) is 0.182. The molecule has 9 nitrogen and oxygen atoms in total. The maximum absolute atomic E-state index is 12.7. The zero-order valence-electron chi connectivity index (χ0n) is 17.7. The molecule has 10 heteroatoms. The number of benzene rings is 1. The molecule has 3 aromatic heterocycles. The van der Waals surface area contributed by atoms with E-state index in [9.17, 15) is 14.9 Å².